The summed E-state index contributed by atoms with van der Waals surface area (Å²) in [6, 6.07) is 10.0. The molecule has 0 fully saturated rings. The largest absolute Gasteiger partial charge is 0.543 e. The number of aromatic nitrogens is 3. The fraction of sp³-hybridized carbons (Fsp3) is 0.0714. The van der Waals surface area contributed by atoms with Crippen LogP contribution in [0.5, 0.6) is 0 Å². The standard InChI is InChI=1S/C14H8F3N3O2/c15-14(16,17)11-6-9(8-4-2-1-3-5-8)18-12-7-10(13(21)22)19-20(11)12/h1-7H,(H,21,22)/p-1. The number of benzene rings is 1. The van der Waals surface area contributed by atoms with E-state index in [4.69, 9.17) is 0 Å². The number of halogens is 3. The van der Waals surface area contributed by atoms with Crippen LogP contribution >= 0.6 is 0 Å². The lowest BCUT2D eigenvalue weighted by Gasteiger charge is -2.10. The summed E-state index contributed by atoms with van der Waals surface area (Å²) in [5.74, 6) is -1.67. The molecule has 0 bridgehead atoms. The highest BCUT2D eigenvalue weighted by Gasteiger charge is 2.35. The van der Waals surface area contributed by atoms with E-state index in [1.807, 2.05) is 0 Å². The van der Waals surface area contributed by atoms with Crippen LogP contribution in [-0.2, 0) is 6.18 Å². The van der Waals surface area contributed by atoms with Crippen molar-refractivity contribution in [1.82, 2.24) is 14.6 Å². The molecule has 0 unspecified atom stereocenters. The van der Waals surface area contributed by atoms with Crippen LogP contribution in [0.1, 0.15) is 16.2 Å². The number of fused-ring (bicyclic) bond motifs is 1. The first-order valence-corrected chi connectivity index (χ1v) is 6.11. The fourth-order valence-electron chi connectivity index (χ4n) is 2.03. The van der Waals surface area contributed by atoms with Crippen molar-refractivity contribution in [1.29, 1.82) is 0 Å². The molecular formula is C14H7F3N3O2-. The Labute approximate surface area is 121 Å². The Balaban J connectivity index is 2.31. The summed E-state index contributed by atoms with van der Waals surface area (Å²) < 4.78 is 40.0. The van der Waals surface area contributed by atoms with Crippen LogP contribution in [0.15, 0.2) is 42.5 Å². The summed E-state index contributed by atoms with van der Waals surface area (Å²) in [6.45, 7) is 0. The Kier molecular flexibility index (Phi) is 3.09. The fourth-order valence-corrected chi connectivity index (χ4v) is 2.03. The number of hydrogen-bond donors (Lipinski definition) is 0. The Morgan fingerprint density at radius 3 is 2.41 bits per heavy atom. The number of aromatic carboxylic acids is 1. The van der Waals surface area contributed by atoms with Crippen molar-refractivity contribution >= 4 is 11.6 Å². The third-order valence-electron chi connectivity index (χ3n) is 3.00. The first-order valence-electron chi connectivity index (χ1n) is 6.11. The number of nitrogens with zero attached hydrogens (tertiary/aromatic N) is 3. The third kappa shape index (κ3) is 2.39. The molecule has 0 N–H and O–H groups in total. The summed E-state index contributed by atoms with van der Waals surface area (Å²) in [5.41, 5.74) is -1.38. The maximum atomic E-state index is 13.2. The van der Waals surface area contributed by atoms with E-state index in [-0.39, 0.29) is 11.3 Å². The van der Waals surface area contributed by atoms with E-state index in [9.17, 15) is 23.1 Å². The van der Waals surface area contributed by atoms with E-state index in [0.717, 1.165) is 12.1 Å². The lowest BCUT2D eigenvalue weighted by Crippen LogP contribution is -2.23. The Morgan fingerprint density at radius 2 is 1.82 bits per heavy atom. The number of carbonyl (C=O) groups excluding carboxylic acids is 1. The van der Waals surface area contributed by atoms with Crippen molar-refractivity contribution < 1.29 is 23.1 Å². The van der Waals surface area contributed by atoms with Gasteiger partial charge < -0.3 is 9.90 Å². The maximum Gasteiger partial charge on any atom is 0.433 e. The van der Waals surface area contributed by atoms with Gasteiger partial charge in [-0.1, -0.05) is 30.3 Å². The van der Waals surface area contributed by atoms with Crippen molar-refractivity contribution in [3.05, 3.63) is 53.9 Å². The summed E-state index contributed by atoms with van der Waals surface area (Å²) in [6.07, 6.45) is -4.71. The lowest BCUT2D eigenvalue weighted by atomic mass is 10.1. The second-order valence-corrected chi connectivity index (χ2v) is 4.48. The van der Waals surface area contributed by atoms with Crippen LogP contribution < -0.4 is 5.11 Å². The molecule has 1 aromatic carbocycles. The molecule has 0 aliphatic rings. The molecular weight excluding hydrogens is 299 g/mol. The zero-order valence-corrected chi connectivity index (χ0v) is 10.8. The number of carboxylic acid groups (broad SMARTS) is 1. The van der Waals surface area contributed by atoms with Gasteiger partial charge in [-0.3, -0.25) is 0 Å². The van der Waals surface area contributed by atoms with Gasteiger partial charge in [0.15, 0.2) is 11.3 Å². The van der Waals surface area contributed by atoms with Crippen LogP contribution in [0.25, 0.3) is 16.9 Å². The predicted molar refractivity (Wildman–Crippen MR) is 67.8 cm³/mol. The Hall–Kier alpha value is -2.90. The van der Waals surface area contributed by atoms with Crippen molar-refractivity contribution in [3.8, 4) is 11.3 Å². The topological polar surface area (TPSA) is 70.3 Å². The minimum Gasteiger partial charge on any atom is -0.543 e. The van der Waals surface area contributed by atoms with Crippen molar-refractivity contribution in [2.24, 2.45) is 0 Å². The van der Waals surface area contributed by atoms with E-state index >= 15 is 0 Å². The van der Waals surface area contributed by atoms with E-state index in [0.29, 0.717) is 10.1 Å². The molecule has 2 aromatic heterocycles. The first kappa shape index (κ1) is 14.1. The number of carboxylic acids is 1. The first-order chi connectivity index (χ1) is 10.4. The number of rotatable bonds is 2. The van der Waals surface area contributed by atoms with Gasteiger partial charge >= 0.3 is 6.18 Å². The SMILES string of the molecule is O=C([O-])c1cc2nc(-c3ccccc3)cc(C(F)(F)F)n2n1. The van der Waals surface area contributed by atoms with Crippen molar-refractivity contribution in [2.45, 2.75) is 6.18 Å². The second kappa shape index (κ2) is 4.83. The Bertz CT molecular complexity index is 857. The highest BCUT2D eigenvalue weighted by atomic mass is 19.4. The van der Waals surface area contributed by atoms with Crippen LogP contribution in [-0.4, -0.2) is 20.6 Å². The van der Waals surface area contributed by atoms with Gasteiger partial charge in [-0.15, -0.1) is 0 Å². The van der Waals surface area contributed by atoms with Crippen LogP contribution in [0.4, 0.5) is 13.2 Å². The molecule has 22 heavy (non-hydrogen) atoms. The van der Waals surface area contributed by atoms with Gasteiger partial charge in [0.1, 0.15) is 5.69 Å². The maximum absolute atomic E-state index is 13.2. The average molecular weight is 306 g/mol. The molecule has 0 amide bonds. The van der Waals surface area contributed by atoms with Crippen LogP contribution in [0.3, 0.4) is 0 Å². The van der Waals surface area contributed by atoms with Crippen molar-refractivity contribution in [2.75, 3.05) is 0 Å². The molecule has 0 radical (unpaired) electrons. The van der Waals surface area contributed by atoms with Gasteiger partial charge in [0.25, 0.3) is 0 Å². The molecule has 2 heterocycles. The molecule has 5 nitrogen and oxygen atoms in total. The predicted octanol–water partition coefficient (Wildman–Crippen LogP) is 1.78. The van der Waals surface area contributed by atoms with E-state index in [1.54, 1.807) is 30.3 Å². The second-order valence-electron chi connectivity index (χ2n) is 4.48. The third-order valence-corrected chi connectivity index (χ3v) is 3.00. The zero-order valence-electron chi connectivity index (χ0n) is 10.8. The molecule has 3 rings (SSSR count). The summed E-state index contributed by atoms with van der Waals surface area (Å²) in [4.78, 5) is 14.8. The average Bonchev–Trinajstić information content (AvgIpc) is 2.90. The normalized spacial score (nSPS) is 11.8. The van der Waals surface area contributed by atoms with Gasteiger partial charge in [-0.25, -0.2) is 9.50 Å². The van der Waals surface area contributed by atoms with Crippen LogP contribution in [0.2, 0.25) is 0 Å². The van der Waals surface area contributed by atoms with Gasteiger partial charge in [0, 0.05) is 11.6 Å². The van der Waals surface area contributed by atoms with E-state index < -0.39 is 23.5 Å². The van der Waals surface area contributed by atoms with Gasteiger partial charge in [0.2, 0.25) is 0 Å². The molecule has 0 atom stereocenters. The minimum atomic E-state index is -4.71. The molecule has 0 aliphatic heterocycles. The number of hydrogen-bond acceptors (Lipinski definition) is 4. The number of carbonyl (C=O) groups is 1. The minimum absolute atomic E-state index is 0.0743. The molecule has 0 saturated heterocycles. The summed E-state index contributed by atoms with van der Waals surface area (Å²) in [5, 5.41) is 14.2. The van der Waals surface area contributed by atoms with Gasteiger partial charge in [-0.05, 0) is 6.07 Å². The highest BCUT2D eigenvalue weighted by Crippen LogP contribution is 2.32. The molecule has 112 valence electrons. The van der Waals surface area contributed by atoms with Gasteiger partial charge in [0.05, 0.1) is 11.7 Å². The monoisotopic (exact) mass is 306 g/mol. The van der Waals surface area contributed by atoms with E-state index in [1.165, 1.54) is 0 Å². The zero-order chi connectivity index (χ0) is 15.9. The molecule has 0 spiro atoms. The van der Waals surface area contributed by atoms with Gasteiger partial charge in [-0.2, -0.15) is 18.3 Å². The molecule has 8 heteroatoms. The summed E-state index contributed by atoms with van der Waals surface area (Å²) in [7, 11) is 0. The smallest absolute Gasteiger partial charge is 0.433 e. The highest BCUT2D eigenvalue weighted by molar-refractivity contribution is 5.85. The number of alkyl halides is 3. The quantitative estimate of drug-likeness (QED) is 0.723. The van der Waals surface area contributed by atoms with E-state index in [2.05, 4.69) is 10.1 Å². The molecule has 0 saturated carbocycles. The van der Waals surface area contributed by atoms with Crippen molar-refractivity contribution in [3.63, 3.8) is 0 Å². The molecule has 0 aliphatic carbocycles. The Morgan fingerprint density at radius 1 is 1.14 bits per heavy atom. The lowest BCUT2D eigenvalue weighted by molar-refractivity contribution is -0.255. The molecule has 3 aromatic rings. The van der Waals surface area contributed by atoms with Crippen LogP contribution in [0, 0.1) is 0 Å². The summed E-state index contributed by atoms with van der Waals surface area (Å²) >= 11 is 0.